The zero-order valence-electron chi connectivity index (χ0n) is 16.3. The van der Waals surface area contributed by atoms with E-state index in [1.165, 1.54) is 18.4 Å². The molecule has 1 aliphatic heterocycles. The number of benzene rings is 2. The third kappa shape index (κ3) is 3.99. The fraction of sp³-hybridized carbons (Fsp3) is 0.435. The lowest BCUT2D eigenvalue weighted by Crippen LogP contribution is -2.32. The number of aliphatic hydroxyl groups excluding tert-OH is 1. The Balaban J connectivity index is 1.43. The van der Waals surface area contributed by atoms with Gasteiger partial charge in [0.15, 0.2) is 6.10 Å². The number of aliphatic hydroxyl groups is 1. The van der Waals surface area contributed by atoms with Crippen LogP contribution in [0.2, 0.25) is 0 Å². The van der Waals surface area contributed by atoms with Gasteiger partial charge in [0.25, 0.3) is 5.91 Å². The van der Waals surface area contributed by atoms with Crippen LogP contribution >= 0.6 is 0 Å². The van der Waals surface area contributed by atoms with Crippen LogP contribution in [0.15, 0.2) is 42.5 Å². The SMILES string of the molecule is CCc1cc(N2CCC(Oc3ccc(C4CC4)cc3)C2=O)ccc1OCCO. The molecule has 0 bridgehead atoms. The van der Waals surface area contributed by atoms with Crippen LogP contribution in [-0.4, -0.2) is 36.9 Å². The van der Waals surface area contributed by atoms with Gasteiger partial charge in [-0.2, -0.15) is 0 Å². The van der Waals surface area contributed by atoms with Gasteiger partial charge >= 0.3 is 0 Å². The number of carbonyl (C=O) groups excluding carboxylic acids is 1. The number of amides is 1. The molecule has 1 aliphatic carbocycles. The summed E-state index contributed by atoms with van der Waals surface area (Å²) in [4.78, 5) is 14.7. The Bertz CT molecular complexity index is 829. The van der Waals surface area contributed by atoms with Gasteiger partial charge in [-0.05, 0) is 66.6 Å². The molecule has 1 unspecified atom stereocenters. The number of aryl methyl sites for hydroxylation is 1. The summed E-state index contributed by atoms with van der Waals surface area (Å²) < 4.78 is 11.6. The molecule has 2 aromatic rings. The molecule has 1 saturated carbocycles. The smallest absolute Gasteiger partial charge is 0.268 e. The van der Waals surface area contributed by atoms with Crippen LogP contribution in [0.4, 0.5) is 5.69 Å². The van der Waals surface area contributed by atoms with E-state index >= 15 is 0 Å². The largest absolute Gasteiger partial charge is 0.491 e. The Labute approximate surface area is 165 Å². The quantitative estimate of drug-likeness (QED) is 0.758. The molecule has 1 saturated heterocycles. The van der Waals surface area contributed by atoms with Crippen LogP contribution in [0.5, 0.6) is 11.5 Å². The third-order valence-corrected chi connectivity index (χ3v) is 5.45. The first-order valence-corrected chi connectivity index (χ1v) is 10.1. The van der Waals surface area contributed by atoms with Crippen LogP contribution < -0.4 is 14.4 Å². The lowest BCUT2D eigenvalue weighted by Gasteiger charge is -2.19. The highest BCUT2D eigenvalue weighted by Crippen LogP contribution is 2.40. The molecule has 1 amide bonds. The summed E-state index contributed by atoms with van der Waals surface area (Å²) in [6, 6.07) is 14.0. The van der Waals surface area contributed by atoms with Crippen LogP contribution in [-0.2, 0) is 11.2 Å². The Morgan fingerprint density at radius 1 is 1.11 bits per heavy atom. The number of anilines is 1. The number of hydrogen-bond acceptors (Lipinski definition) is 4. The standard InChI is InChI=1S/C23H27NO4/c1-2-16-15-19(7-10-21(16)27-14-13-25)24-12-11-22(23(24)26)28-20-8-5-18(6-9-20)17-3-4-17/h5-10,15,17,22,25H,2-4,11-14H2,1H3. The molecular weight excluding hydrogens is 354 g/mol. The van der Waals surface area contributed by atoms with Crippen molar-refractivity contribution in [1.29, 1.82) is 0 Å². The van der Waals surface area contributed by atoms with E-state index in [0.29, 0.717) is 13.0 Å². The summed E-state index contributed by atoms with van der Waals surface area (Å²) in [7, 11) is 0. The molecule has 0 spiro atoms. The lowest BCUT2D eigenvalue weighted by molar-refractivity contribution is -0.122. The van der Waals surface area contributed by atoms with E-state index in [1.807, 2.05) is 37.3 Å². The lowest BCUT2D eigenvalue weighted by atomic mass is 10.1. The van der Waals surface area contributed by atoms with Crippen molar-refractivity contribution in [2.75, 3.05) is 24.7 Å². The number of rotatable bonds is 8. The Hall–Kier alpha value is -2.53. The van der Waals surface area contributed by atoms with Crippen molar-refractivity contribution in [3.63, 3.8) is 0 Å². The van der Waals surface area contributed by atoms with Gasteiger partial charge in [-0.15, -0.1) is 0 Å². The van der Waals surface area contributed by atoms with Crippen molar-refractivity contribution in [3.05, 3.63) is 53.6 Å². The fourth-order valence-corrected chi connectivity index (χ4v) is 3.73. The van der Waals surface area contributed by atoms with Gasteiger partial charge in [-0.25, -0.2) is 0 Å². The Morgan fingerprint density at radius 2 is 1.89 bits per heavy atom. The monoisotopic (exact) mass is 381 g/mol. The summed E-state index contributed by atoms with van der Waals surface area (Å²) in [6.07, 6.45) is 3.58. The molecule has 5 nitrogen and oxygen atoms in total. The van der Waals surface area contributed by atoms with Crippen LogP contribution in [0.1, 0.15) is 43.2 Å². The van der Waals surface area contributed by atoms with Crippen LogP contribution in [0.3, 0.4) is 0 Å². The molecule has 28 heavy (non-hydrogen) atoms. The predicted molar refractivity (Wildman–Crippen MR) is 108 cm³/mol. The van der Waals surface area contributed by atoms with Crippen molar-refractivity contribution in [2.24, 2.45) is 0 Å². The summed E-state index contributed by atoms with van der Waals surface area (Å²) in [6.45, 7) is 2.94. The normalized spacial score (nSPS) is 19.1. The molecule has 0 radical (unpaired) electrons. The zero-order chi connectivity index (χ0) is 19.5. The first-order valence-electron chi connectivity index (χ1n) is 10.1. The topological polar surface area (TPSA) is 59.0 Å². The minimum absolute atomic E-state index is 0.00245. The summed E-state index contributed by atoms with van der Waals surface area (Å²) in [5, 5.41) is 8.96. The number of nitrogens with zero attached hydrogens (tertiary/aromatic N) is 1. The van der Waals surface area contributed by atoms with Crippen molar-refractivity contribution in [3.8, 4) is 11.5 Å². The molecular formula is C23H27NO4. The average molecular weight is 381 g/mol. The van der Waals surface area contributed by atoms with Crippen LogP contribution in [0, 0.1) is 0 Å². The number of hydrogen-bond donors (Lipinski definition) is 1. The van der Waals surface area contributed by atoms with E-state index in [9.17, 15) is 4.79 Å². The van der Waals surface area contributed by atoms with E-state index < -0.39 is 6.10 Å². The Kier molecular flexibility index (Phi) is 5.53. The first-order chi connectivity index (χ1) is 13.7. The molecule has 2 aliphatic rings. The maximum atomic E-state index is 12.9. The number of ether oxygens (including phenoxy) is 2. The van der Waals surface area contributed by atoms with E-state index in [2.05, 4.69) is 12.1 Å². The molecule has 0 aromatic heterocycles. The first kappa shape index (κ1) is 18.8. The highest BCUT2D eigenvalue weighted by molar-refractivity contribution is 5.99. The molecule has 1 heterocycles. The summed E-state index contributed by atoms with van der Waals surface area (Å²) in [5.41, 5.74) is 3.26. The molecule has 1 N–H and O–H groups in total. The van der Waals surface area contributed by atoms with E-state index in [-0.39, 0.29) is 19.1 Å². The van der Waals surface area contributed by atoms with Gasteiger partial charge in [0.05, 0.1) is 6.61 Å². The van der Waals surface area contributed by atoms with Gasteiger partial charge < -0.3 is 19.5 Å². The minimum Gasteiger partial charge on any atom is -0.491 e. The predicted octanol–water partition coefficient (Wildman–Crippen LogP) is 3.68. The third-order valence-electron chi connectivity index (χ3n) is 5.45. The maximum Gasteiger partial charge on any atom is 0.268 e. The second kappa shape index (κ2) is 8.23. The fourth-order valence-electron chi connectivity index (χ4n) is 3.73. The average Bonchev–Trinajstić information content (AvgIpc) is 3.51. The van der Waals surface area contributed by atoms with E-state index in [0.717, 1.165) is 35.1 Å². The minimum atomic E-state index is -0.442. The summed E-state index contributed by atoms with van der Waals surface area (Å²) >= 11 is 0. The van der Waals surface area contributed by atoms with Gasteiger partial charge in [0.1, 0.15) is 18.1 Å². The van der Waals surface area contributed by atoms with Crippen molar-refractivity contribution >= 4 is 11.6 Å². The van der Waals surface area contributed by atoms with Gasteiger partial charge in [-0.3, -0.25) is 4.79 Å². The van der Waals surface area contributed by atoms with Crippen molar-refractivity contribution in [2.45, 2.75) is 44.6 Å². The second-order valence-corrected chi connectivity index (χ2v) is 7.45. The highest BCUT2D eigenvalue weighted by Gasteiger charge is 2.34. The van der Waals surface area contributed by atoms with Gasteiger partial charge in [0.2, 0.25) is 0 Å². The summed E-state index contributed by atoms with van der Waals surface area (Å²) in [5.74, 6) is 2.23. The Morgan fingerprint density at radius 3 is 2.57 bits per heavy atom. The molecule has 2 fully saturated rings. The molecule has 4 rings (SSSR count). The van der Waals surface area contributed by atoms with E-state index in [1.54, 1.807) is 4.90 Å². The van der Waals surface area contributed by atoms with Gasteiger partial charge in [0, 0.05) is 18.7 Å². The molecule has 2 aromatic carbocycles. The van der Waals surface area contributed by atoms with Crippen molar-refractivity contribution in [1.82, 2.24) is 0 Å². The molecule has 5 heteroatoms. The molecule has 1 atom stereocenters. The second-order valence-electron chi connectivity index (χ2n) is 7.45. The van der Waals surface area contributed by atoms with Gasteiger partial charge in [-0.1, -0.05) is 19.1 Å². The number of carbonyl (C=O) groups is 1. The van der Waals surface area contributed by atoms with Crippen molar-refractivity contribution < 1.29 is 19.4 Å². The molecule has 148 valence electrons. The zero-order valence-corrected chi connectivity index (χ0v) is 16.3. The van der Waals surface area contributed by atoms with Crippen LogP contribution in [0.25, 0.3) is 0 Å². The highest BCUT2D eigenvalue weighted by atomic mass is 16.5. The van der Waals surface area contributed by atoms with E-state index in [4.69, 9.17) is 14.6 Å². The maximum absolute atomic E-state index is 12.9.